The smallest absolute Gasteiger partial charge is 0.287 e. The molecule has 3 aromatic heterocycles. The highest BCUT2D eigenvalue weighted by Gasteiger charge is 2.13. The number of aromatic nitrogens is 4. The van der Waals surface area contributed by atoms with Crippen LogP contribution in [0.1, 0.15) is 33.4 Å². The van der Waals surface area contributed by atoms with E-state index in [1.807, 2.05) is 37.7 Å². The van der Waals surface area contributed by atoms with Crippen molar-refractivity contribution in [3.05, 3.63) is 59.1 Å². The Morgan fingerprint density at radius 2 is 2.13 bits per heavy atom. The lowest BCUT2D eigenvalue weighted by Crippen LogP contribution is -2.23. The van der Waals surface area contributed by atoms with E-state index in [9.17, 15) is 4.79 Å². The molecule has 0 spiro atoms. The molecule has 0 saturated heterocycles. The van der Waals surface area contributed by atoms with Gasteiger partial charge in [-0.3, -0.25) is 14.2 Å². The van der Waals surface area contributed by atoms with Crippen LogP contribution in [0.5, 0.6) is 0 Å². The van der Waals surface area contributed by atoms with E-state index in [0.29, 0.717) is 24.6 Å². The zero-order valence-electron chi connectivity index (χ0n) is 13.4. The first-order valence-corrected chi connectivity index (χ1v) is 7.38. The van der Waals surface area contributed by atoms with Crippen LogP contribution in [0.15, 0.2) is 34.9 Å². The van der Waals surface area contributed by atoms with Crippen LogP contribution >= 0.6 is 0 Å². The van der Waals surface area contributed by atoms with Crippen molar-refractivity contribution in [1.29, 1.82) is 0 Å². The second kappa shape index (κ2) is 6.12. The number of aryl methyl sites for hydroxylation is 3. The first-order valence-electron chi connectivity index (χ1n) is 7.38. The Morgan fingerprint density at radius 1 is 1.30 bits per heavy atom. The van der Waals surface area contributed by atoms with Gasteiger partial charge in [-0.05, 0) is 38.1 Å². The van der Waals surface area contributed by atoms with Crippen LogP contribution < -0.4 is 5.32 Å². The number of hydrogen-bond acceptors (Lipinski definition) is 4. The summed E-state index contributed by atoms with van der Waals surface area (Å²) in [5.74, 6) is 0.747. The molecule has 3 heterocycles. The molecule has 0 aliphatic rings. The molecule has 7 heteroatoms. The highest BCUT2D eigenvalue weighted by atomic mass is 16.4. The van der Waals surface area contributed by atoms with Gasteiger partial charge < -0.3 is 9.73 Å². The zero-order valence-corrected chi connectivity index (χ0v) is 13.4. The summed E-state index contributed by atoms with van der Waals surface area (Å²) in [5.41, 5.74) is 2.94. The molecule has 1 amide bonds. The quantitative estimate of drug-likeness (QED) is 0.779. The Hall–Kier alpha value is -2.83. The SMILES string of the molecule is Cc1cc(C)n(Cc2ccc(C(=O)NCc3ccnn3C)o2)n1. The summed E-state index contributed by atoms with van der Waals surface area (Å²) in [5, 5.41) is 11.3. The number of hydrogen-bond donors (Lipinski definition) is 1. The van der Waals surface area contributed by atoms with Gasteiger partial charge in [0.15, 0.2) is 5.76 Å². The molecule has 0 atom stereocenters. The third-order valence-electron chi connectivity index (χ3n) is 3.65. The van der Waals surface area contributed by atoms with Crippen molar-refractivity contribution in [2.75, 3.05) is 0 Å². The summed E-state index contributed by atoms with van der Waals surface area (Å²) in [6, 6.07) is 7.34. The molecular formula is C16H19N5O2. The number of carbonyl (C=O) groups is 1. The molecule has 7 nitrogen and oxygen atoms in total. The lowest BCUT2D eigenvalue weighted by Gasteiger charge is -2.04. The Morgan fingerprint density at radius 3 is 2.78 bits per heavy atom. The largest absolute Gasteiger partial charge is 0.454 e. The van der Waals surface area contributed by atoms with Crippen molar-refractivity contribution < 1.29 is 9.21 Å². The third-order valence-corrected chi connectivity index (χ3v) is 3.65. The second-order valence-electron chi connectivity index (χ2n) is 5.48. The molecular weight excluding hydrogens is 294 g/mol. The Kier molecular flexibility index (Phi) is 4.01. The van der Waals surface area contributed by atoms with Crippen LogP contribution in [0.4, 0.5) is 0 Å². The average Bonchev–Trinajstić information content (AvgIpc) is 3.19. The molecule has 0 bridgehead atoms. The van der Waals surface area contributed by atoms with Crippen LogP contribution in [-0.4, -0.2) is 25.5 Å². The number of furan rings is 1. The van der Waals surface area contributed by atoms with Crippen LogP contribution in [0.3, 0.4) is 0 Å². The maximum absolute atomic E-state index is 12.1. The van der Waals surface area contributed by atoms with Crippen molar-refractivity contribution in [1.82, 2.24) is 24.9 Å². The number of carbonyl (C=O) groups excluding carboxylic acids is 1. The number of nitrogens with one attached hydrogen (secondary N) is 1. The fourth-order valence-electron chi connectivity index (χ4n) is 2.40. The minimum absolute atomic E-state index is 0.245. The molecule has 1 N–H and O–H groups in total. The van der Waals surface area contributed by atoms with Gasteiger partial charge >= 0.3 is 0 Å². The fraction of sp³-hybridized carbons (Fsp3) is 0.312. The van der Waals surface area contributed by atoms with Gasteiger partial charge in [0.25, 0.3) is 5.91 Å². The van der Waals surface area contributed by atoms with E-state index >= 15 is 0 Å². The molecule has 0 saturated carbocycles. The summed E-state index contributed by atoms with van der Waals surface area (Å²) in [6.45, 7) is 4.85. The van der Waals surface area contributed by atoms with Crippen LogP contribution in [0.2, 0.25) is 0 Å². The lowest BCUT2D eigenvalue weighted by atomic mass is 10.3. The molecule has 0 aliphatic heterocycles. The van der Waals surface area contributed by atoms with Gasteiger partial charge in [0.05, 0.1) is 24.5 Å². The molecule has 0 aromatic carbocycles. The summed E-state index contributed by atoms with van der Waals surface area (Å²) >= 11 is 0. The van der Waals surface area contributed by atoms with E-state index < -0.39 is 0 Å². The maximum Gasteiger partial charge on any atom is 0.287 e. The number of rotatable bonds is 5. The van der Waals surface area contributed by atoms with Gasteiger partial charge in [0.1, 0.15) is 5.76 Å². The summed E-state index contributed by atoms with van der Waals surface area (Å²) in [7, 11) is 1.83. The predicted octanol–water partition coefficient (Wildman–Crippen LogP) is 1.80. The minimum atomic E-state index is -0.245. The van der Waals surface area contributed by atoms with Crippen molar-refractivity contribution in [3.63, 3.8) is 0 Å². The van der Waals surface area contributed by atoms with Crippen LogP contribution in [0, 0.1) is 13.8 Å². The maximum atomic E-state index is 12.1. The van der Waals surface area contributed by atoms with Gasteiger partial charge in [-0.25, -0.2) is 0 Å². The number of nitrogens with zero attached hydrogens (tertiary/aromatic N) is 4. The molecule has 23 heavy (non-hydrogen) atoms. The Bertz CT molecular complexity index is 827. The highest BCUT2D eigenvalue weighted by molar-refractivity contribution is 5.91. The van der Waals surface area contributed by atoms with Crippen LogP contribution in [-0.2, 0) is 20.1 Å². The van der Waals surface area contributed by atoms with Crippen LogP contribution in [0.25, 0.3) is 0 Å². The summed E-state index contributed by atoms with van der Waals surface area (Å²) < 4.78 is 9.19. The van der Waals surface area contributed by atoms with Gasteiger partial charge in [-0.2, -0.15) is 10.2 Å². The molecule has 3 aromatic rings. The highest BCUT2D eigenvalue weighted by Crippen LogP contribution is 2.12. The van der Waals surface area contributed by atoms with Gasteiger partial charge in [-0.1, -0.05) is 0 Å². The van der Waals surface area contributed by atoms with E-state index in [1.54, 1.807) is 23.0 Å². The first kappa shape index (κ1) is 15.1. The molecule has 120 valence electrons. The normalized spacial score (nSPS) is 10.9. The van der Waals surface area contributed by atoms with E-state index in [-0.39, 0.29) is 5.91 Å². The first-order chi connectivity index (χ1) is 11.0. The Balaban J connectivity index is 1.63. The third kappa shape index (κ3) is 3.33. The Labute approximate surface area is 133 Å². The minimum Gasteiger partial charge on any atom is -0.454 e. The van der Waals surface area contributed by atoms with Gasteiger partial charge in [0.2, 0.25) is 0 Å². The van der Waals surface area contributed by atoms with E-state index in [1.165, 1.54) is 0 Å². The second-order valence-corrected chi connectivity index (χ2v) is 5.48. The monoisotopic (exact) mass is 313 g/mol. The van der Waals surface area contributed by atoms with E-state index in [0.717, 1.165) is 17.1 Å². The van der Waals surface area contributed by atoms with Gasteiger partial charge in [-0.15, -0.1) is 0 Å². The molecule has 0 unspecified atom stereocenters. The molecule has 3 rings (SSSR count). The topological polar surface area (TPSA) is 77.9 Å². The van der Waals surface area contributed by atoms with E-state index in [2.05, 4.69) is 15.5 Å². The fourth-order valence-corrected chi connectivity index (χ4v) is 2.40. The zero-order chi connectivity index (χ0) is 16.4. The van der Waals surface area contributed by atoms with Gasteiger partial charge in [0, 0.05) is 18.9 Å². The lowest BCUT2D eigenvalue weighted by molar-refractivity contribution is 0.0920. The summed E-state index contributed by atoms with van der Waals surface area (Å²) in [6.07, 6.45) is 1.70. The summed E-state index contributed by atoms with van der Waals surface area (Å²) in [4.78, 5) is 12.1. The van der Waals surface area contributed by atoms with Crippen molar-refractivity contribution in [3.8, 4) is 0 Å². The molecule has 0 aliphatic carbocycles. The standard InChI is InChI=1S/C16H19N5O2/c1-11-8-12(2)21(19-11)10-14-4-5-15(23-14)16(22)17-9-13-6-7-18-20(13)3/h4-8H,9-10H2,1-3H3,(H,17,22). The average molecular weight is 313 g/mol. The molecule has 0 fully saturated rings. The predicted molar refractivity (Wildman–Crippen MR) is 83.9 cm³/mol. The molecule has 0 radical (unpaired) electrons. The van der Waals surface area contributed by atoms with Crippen molar-refractivity contribution >= 4 is 5.91 Å². The van der Waals surface area contributed by atoms with Crippen molar-refractivity contribution in [2.24, 2.45) is 7.05 Å². The van der Waals surface area contributed by atoms with Crippen molar-refractivity contribution in [2.45, 2.75) is 26.9 Å². The van der Waals surface area contributed by atoms with E-state index in [4.69, 9.17) is 4.42 Å². The number of amides is 1.